The Morgan fingerprint density at radius 2 is 1.94 bits per heavy atom. The Morgan fingerprint density at radius 3 is 2.38 bits per heavy atom. The minimum atomic E-state index is -3.52. The number of hydrogen-bond donors (Lipinski definition) is 2. The minimum absolute atomic E-state index is 0.386. The first kappa shape index (κ1) is 13.3. The number of nitrogens with two attached hydrogens (primary N) is 1. The molecular formula is C9H14BrN3O2S. The van der Waals surface area contributed by atoms with Crippen molar-refractivity contribution >= 4 is 37.5 Å². The number of benzene rings is 1. The van der Waals surface area contributed by atoms with Crippen LogP contribution in [0.4, 0.5) is 11.4 Å². The summed E-state index contributed by atoms with van der Waals surface area (Å²) in [5.41, 5.74) is 7.32. The van der Waals surface area contributed by atoms with Crippen LogP contribution in [-0.4, -0.2) is 26.8 Å². The summed E-state index contributed by atoms with van der Waals surface area (Å²) in [5, 5.41) is 0. The molecule has 0 aliphatic rings. The van der Waals surface area contributed by atoms with Crippen molar-refractivity contribution in [3.8, 4) is 0 Å². The van der Waals surface area contributed by atoms with Gasteiger partial charge >= 0.3 is 10.2 Å². The van der Waals surface area contributed by atoms with Crippen molar-refractivity contribution in [1.29, 1.82) is 0 Å². The van der Waals surface area contributed by atoms with E-state index in [-0.39, 0.29) is 0 Å². The maximum atomic E-state index is 11.6. The van der Waals surface area contributed by atoms with Gasteiger partial charge < -0.3 is 5.73 Å². The Bertz CT molecular complexity index is 476. The fourth-order valence-electron chi connectivity index (χ4n) is 1.13. The van der Waals surface area contributed by atoms with E-state index in [9.17, 15) is 8.42 Å². The lowest BCUT2D eigenvalue weighted by Crippen LogP contribution is -2.29. The second kappa shape index (κ2) is 4.60. The molecule has 0 saturated carbocycles. The summed E-state index contributed by atoms with van der Waals surface area (Å²) in [5.74, 6) is 0. The van der Waals surface area contributed by atoms with Gasteiger partial charge in [-0.3, -0.25) is 4.72 Å². The van der Waals surface area contributed by atoms with Crippen LogP contribution in [0.5, 0.6) is 0 Å². The number of nitrogen functional groups attached to an aromatic ring is 1. The highest BCUT2D eigenvalue weighted by atomic mass is 79.9. The number of nitrogens with one attached hydrogen (secondary N) is 1. The molecule has 3 N–H and O–H groups in total. The number of hydrogen-bond acceptors (Lipinski definition) is 3. The Balaban J connectivity index is 3.17. The molecule has 1 rings (SSSR count). The van der Waals surface area contributed by atoms with Crippen molar-refractivity contribution in [1.82, 2.24) is 4.31 Å². The molecule has 0 spiro atoms. The van der Waals surface area contributed by atoms with Gasteiger partial charge in [0.15, 0.2) is 0 Å². The van der Waals surface area contributed by atoms with Crippen molar-refractivity contribution in [2.75, 3.05) is 24.6 Å². The molecule has 0 fully saturated rings. The molecule has 0 aliphatic heterocycles. The molecular weight excluding hydrogens is 294 g/mol. The van der Waals surface area contributed by atoms with Gasteiger partial charge in [0.1, 0.15) is 0 Å². The summed E-state index contributed by atoms with van der Waals surface area (Å²) in [7, 11) is -0.619. The average Bonchev–Trinajstić information content (AvgIpc) is 2.11. The zero-order valence-corrected chi connectivity index (χ0v) is 11.7. The van der Waals surface area contributed by atoms with Crippen LogP contribution < -0.4 is 10.5 Å². The predicted molar refractivity (Wildman–Crippen MR) is 69.5 cm³/mol. The molecule has 0 saturated heterocycles. The van der Waals surface area contributed by atoms with E-state index in [1.807, 2.05) is 0 Å². The van der Waals surface area contributed by atoms with E-state index in [0.717, 1.165) is 14.3 Å². The molecule has 0 heterocycles. The first-order valence-corrected chi connectivity index (χ1v) is 6.73. The van der Waals surface area contributed by atoms with E-state index < -0.39 is 10.2 Å². The highest BCUT2D eigenvalue weighted by molar-refractivity contribution is 9.10. The van der Waals surface area contributed by atoms with Gasteiger partial charge in [-0.25, -0.2) is 0 Å². The van der Waals surface area contributed by atoms with E-state index in [4.69, 9.17) is 5.73 Å². The summed E-state index contributed by atoms with van der Waals surface area (Å²) in [4.78, 5) is 0. The second-order valence-electron chi connectivity index (χ2n) is 3.58. The molecule has 90 valence electrons. The fraction of sp³-hybridized carbons (Fsp3) is 0.333. The Kier molecular flexibility index (Phi) is 3.82. The summed E-state index contributed by atoms with van der Waals surface area (Å²) in [6.07, 6.45) is 0. The normalized spacial score (nSPS) is 11.8. The highest BCUT2D eigenvalue weighted by Gasteiger charge is 2.16. The van der Waals surface area contributed by atoms with Gasteiger partial charge in [-0.05, 0) is 24.6 Å². The molecule has 16 heavy (non-hydrogen) atoms. The number of nitrogens with zero attached hydrogens (tertiary/aromatic N) is 1. The van der Waals surface area contributed by atoms with E-state index in [1.54, 1.807) is 19.1 Å². The van der Waals surface area contributed by atoms with Crippen molar-refractivity contribution < 1.29 is 8.42 Å². The molecule has 0 aromatic heterocycles. The topological polar surface area (TPSA) is 75.4 Å². The van der Waals surface area contributed by atoms with Crippen LogP contribution in [-0.2, 0) is 10.2 Å². The zero-order valence-electron chi connectivity index (χ0n) is 9.28. The second-order valence-corrected chi connectivity index (χ2v) is 6.38. The molecule has 0 atom stereocenters. The van der Waals surface area contributed by atoms with Crippen LogP contribution >= 0.6 is 15.9 Å². The quantitative estimate of drug-likeness (QED) is 0.832. The smallest absolute Gasteiger partial charge is 0.301 e. The van der Waals surface area contributed by atoms with Gasteiger partial charge in [0.05, 0.1) is 11.4 Å². The molecule has 7 heteroatoms. The summed E-state index contributed by atoms with van der Waals surface area (Å²) in [6.45, 7) is 1.79. The van der Waals surface area contributed by atoms with Crippen LogP contribution in [0.1, 0.15) is 5.56 Å². The zero-order chi connectivity index (χ0) is 12.5. The van der Waals surface area contributed by atoms with E-state index in [2.05, 4.69) is 20.7 Å². The van der Waals surface area contributed by atoms with Gasteiger partial charge in [-0.15, -0.1) is 0 Å². The van der Waals surface area contributed by atoms with Gasteiger partial charge in [-0.2, -0.15) is 12.7 Å². The number of aryl methyl sites for hydroxylation is 1. The first-order chi connectivity index (χ1) is 7.24. The Hall–Kier alpha value is -0.790. The maximum absolute atomic E-state index is 11.6. The van der Waals surface area contributed by atoms with Gasteiger partial charge in [0, 0.05) is 18.6 Å². The summed E-state index contributed by atoms with van der Waals surface area (Å²) in [6, 6.07) is 3.45. The van der Waals surface area contributed by atoms with Crippen molar-refractivity contribution in [2.45, 2.75) is 6.92 Å². The molecule has 1 aromatic carbocycles. The fourth-order valence-corrected chi connectivity index (χ4v) is 2.44. The lowest BCUT2D eigenvalue weighted by atomic mass is 10.2. The van der Waals surface area contributed by atoms with E-state index in [1.165, 1.54) is 14.1 Å². The molecule has 0 amide bonds. The molecule has 5 nitrogen and oxygen atoms in total. The van der Waals surface area contributed by atoms with Crippen LogP contribution in [0.15, 0.2) is 16.6 Å². The highest BCUT2D eigenvalue weighted by Crippen LogP contribution is 2.28. The van der Waals surface area contributed by atoms with Crippen LogP contribution in [0.25, 0.3) is 0 Å². The molecule has 0 aliphatic carbocycles. The van der Waals surface area contributed by atoms with Crippen LogP contribution in [0.2, 0.25) is 0 Å². The average molecular weight is 308 g/mol. The SMILES string of the molecule is Cc1cc(Br)cc(N)c1NS(=O)(=O)N(C)C. The van der Waals surface area contributed by atoms with Crippen LogP contribution in [0.3, 0.4) is 0 Å². The maximum Gasteiger partial charge on any atom is 0.301 e. The third-order valence-electron chi connectivity index (χ3n) is 2.04. The third-order valence-corrected chi connectivity index (χ3v) is 3.92. The number of anilines is 2. The molecule has 0 unspecified atom stereocenters. The van der Waals surface area contributed by atoms with Crippen molar-refractivity contribution in [3.63, 3.8) is 0 Å². The standard InChI is InChI=1S/C9H14BrN3O2S/c1-6-4-7(10)5-8(11)9(6)12-16(14,15)13(2)3/h4-5,12H,11H2,1-3H3. The summed E-state index contributed by atoms with van der Waals surface area (Å²) < 4.78 is 27.6. The monoisotopic (exact) mass is 307 g/mol. The van der Waals surface area contributed by atoms with Gasteiger partial charge in [0.25, 0.3) is 0 Å². The molecule has 1 aromatic rings. The third kappa shape index (κ3) is 2.87. The largest absolute Gasteiger partial charge is 0.397 e. The first-order valence-electron chi connectivity index (χ1n) is 4.50. The lowest BCUT2D eigenvalue weighted by molar-refractivity contribution is 0.527. The van der Waals surface area contributed by atoms with E-state index in [0.29, 0.717) is 11.4 Å². The van der Waals surface area contributed by atoms with Crippen molar-refractivity contribution in [2.24, 2.45) is 0 Å². The van der Waals surface area contributed by atoms with Gasteiger partial charge in [-0.1, -0.05) is 15.9 Å². The molecule has 0 radical (unpaired) electrons. The predicted octanol–water partition coefficient (Wildman–Crippen LogP) is 1.56. The van der Waals surface area contributed by atoms with Gasteiger partial charge in [0.2, 0.25) is 0 Å². The van der Waals surface area contributed by atoms with Crippen LogP contribution in [0, 0.1) is 6.92 Å². The Morgan fingerprint density at radius 1 is 1.38 bits per heavy atom. The minimum Gasteiger partial charge on any atom is -0.397 e. The molecule has 0 bridgehead atoms. The number of rotatable bonds is 3. The number of halogens is 1. The lowest BCUT2D eigenvalue weighted by Gasteiger charge is -2.16. The van der Waals surface area contributed by atoms with Crippen molar-refractivity contribution in [3.05, 3.63) is 22.2 Å². The Labute approximate surface area is 104 Å². The summed E-state index contributed by atoms with van der Waals surface area (Å²) >= 11 is 3.29. The van der Waals surface area contributed by atoms with E-state index >= 15 is 0 Å².